The molecule has 0 saturated carbocycles. The van der Waals surface area contributed by atoms with Gasteiger partial charge in [-0.15, -0.1) is 0 Å². The Bertz CT molecular complexity index is 503. The molecule has 0 aliphatic carbocycles. The van der Waals surface area contributed by atoms with Crippen LogP contribution in [0.4, 0.5) is 10.5 Å². The molecule has 1 rings (SSSR count). The number of non-ortho nitro benzene ring substituents is 1. The third-order valence-electron chi connectivity index (χ3n) is 2.28. The topological polar surface area (TPSA) is 113 Å². The van der Waals surface area contributed by atoms with Crippen LogP contribution in [-0.4, -0.2) is 40.5 Å². The molecule has 0 saturated heterocycles. The molecule has 0 unspecified atom stereocenters. The zero-order valence-electron chi connectivity index (χ0n) is 10.2. The summed E-state index contributed by atoms with van der Waals surface area (Å²) in [6.45, 7) is -0.328. The second-order valence-corrected chi connectivity index (χ2v) is 3.84. The van der Waals surface area contributed by atoms with Gasteiger partial charge >= 0.3 is 12.0 Å². The Kier molecular flexibility index (Phi) is 4.81. The third kappa shape index (κ3) is 4.62. The van der Waals surface area contributed by atoms with E-state index in [9.17, 15) is 19.7 Å². The maximum absolute atomic E-state index is 11.5. The number of rotatable bonds is 5. The van der Waals surface area contributed by atoms with Crippen molar-refractivity contribution < 1.29 is 19.6 Å². The fourth-order valence-electron chi connectivity index (χ4n) is 1.37. The van der Waals surface area contributed by atoms with Crippen molar-refractivity contribution >= 4 is 17.7 Å². The van der Waals surface area contributed by atoms with Gasteiger partial charge in [-0.05, 0) is 5.56 Å². The number of nitro groups is 1. The molecule has 0 radical (unpaired) electrons. The van der Waals surface area contributed by atoms with E-state index in [1.165, 1.54) is 25.2 Å². The van der Waals surface area contributed by atoms with E-state index in [4.69, 9.17) is 5.11 Å². The van der Waals surface area contributed by atoms with E-state index >= 15 is 0 Å². The van der Waals surface area contributed by atoms with Crippen molar-refractivity contribution in [3.63, 3.8) is 0 Å². The highest BCUT2D eigenvalue weighted by molar-refractivity contribution is 5.79. The first-order chi connectivity index (χ1) is 8.90. The van der Waals surface area contributed by atoms with E-state index in [1.807, 2.05) is 0 Å². The predicted molar refractivity (Wildman–Crippen MR) is 65.6 cm³/mol. The monoisotopic (exact) mass is 267 g/mol. The lowest BCUT2D eigenvalue weighted by molar-refractivity contribution is -0.384. The Labute approximate surface area is 108 Å². The van der Waals surface area contributed by atoms with Crippen molar-refractivity contribution in [3.8, 4) is 0 Å². The highest BCUT2D eigenvalue weighted by Gasteiger charge is 2.12. The Morgan fingerprint density at radius 3 is 2.74 bits per heavy atom. The number of benzene rings is 1. The average Bonchev–Trinajstić information content (AvgIpc) is 2.35. The van der Waals surface area contributed by atoms with Gasteiger partial charge in [-0.3, -0.25) is 14.9 Å². The first-order valence-electron chi connectivity index (χ1n) is 5.34. The van der Waals surface area contributed by atoms with Crippen LogP contribution in [0.15, 0.2) is 24.3 Å². The Hall–Kier alpha value is -2.64. The summed E-state index contributed by atoms with van der Waals surface area (Å²) >= 11 is 0. The van der Waals surface area contributed by atoms with Crippen LogP contribution in [0.1, 0.15) is 5.56 Å². The lowest BCUT2D eigenvalue weighted by Gasteiger charge is -2.15. The second-order valence-electron chi connectivity index (χ2n) is 3.84. The highest BCUT2D eigenvalue weighted by atomic mass is 16.6. The average molecular weight is 267 g/mol. The fourth-order valence-corrected chi connectivity index (χ4v) is 1.37. The van der Waals surface area contributed by atoms with Gasteiger partial charge in [-0.1, -0.05) is 12.1 Å². The van der Waals surface area contributed by atoms with E-state index in [2.05, 4.69) is 5.32 Å². The number of hydrogen-bond donors (Lipinski definition) is 2. The minimum atomic E-state index is -1.12. The number of carbonyl (C=O) groups is 2. The normalized spacial score (nSPS) is 9.74. The number of aliphatic carboxylic acids is 1. The van der Waals surface area contributed by atoms with Crippen LogP contribution < -0.4 is 5.32 Å². The summed E-state index contributed by atoms with van der Waals surface area (Å²) < 4.78 is 0. The van der Waals surface area contributed by atoms with Crippen LogP contribution in [0.2, 0.25) is 0 Å². The van der Waals surface area contributed by atoms with Crippen LogP contribution in [0, 0.1) is 10.1 Å². The van der Waals surface area contributed by atoms with E-state index in [-0.39, 0.29) is 12.2 Å². The summed E-state index contributed by atoms with van der Waals surface area (Å²) in [6, 6.07) is 5.28. The minimum absolute atomic E-state index is 0.0642. The molecule has 102 valence electrons. The molecule has 0 aromatic heterocycles. The summed E-state index contributed by atoms with van der Waals surface area (Å²) in [7, 11) is 1.34. The van der Waals surface area contributed by atoms with Gasteiger partial charge in [0.15, 0.2) is 0 Å². The lowest BCUT2D eigenvalue weighted by Crippen LogP contribution is -2.39. The third-order valence-corrected chi connectivity index (χ3v) is 2.28. The van der Waals surface area contributed by atoms with Gasteiger partial charge in [0.1, 0.15) is 6.54 Å². The van der Waals surface area contributed by atoms with E-state index < -0.39 is 23.5 Å². The van der Waals surface area contributed by atoms with E-state index in [1.54, 1.807) is 6.07 Å². The minimum Gasteiger partial charge on any atom is -0.480 e. The number of carboxylic acids is 1. The molecule has 1 aromatic carbocycles. The number of carboxylic acid groups (broad SMARTS) is 1. The molecule has 0 atom stereocenters. The molecule has 2 N–H and O–H groups in total. The number of likely N-dealkylation sites (N-methyl/N-ethyl adjacent to an activating group) is 1. The summed E-state index contributed by atoms with van der Waals surface area (Å²) in [4.78, 5) is 32.9. The summed E-state index contributed by atoms with van der Waals surface area (Å²) in [5.74, 6) is -1.12. The largest absolute Gasteiger partial charge is 0.480 e. The Balaban J connectivity index is 2.57. The SMILES string of the molecule is CN(CC(=O)O)C(=O)NCc1cccc([N+](=O)[O-])c1. The van der Waals surface area contributed by atoms with Gasteiger partial charge in [0.05, 0.1) is 4.92 Å². The molecule has 0 spiro atoms. The molecule has 19 heavy (non-hydrogen) atoms. The van der Waals surface area contributed by atoms with Crippen molar-refractivity contribution in [1.29, 1.82) is 0 Å². The number of nitrogens with zero attached hydrogens (tertiary/aromatic N) is 2. The predicted octanol–water partition coefficient (Wildman–Crippen LogP) is 0.821. The number of hydrogen-bond acceptors (Lipinski definition) is 4. The summed E-state index contributed by atoms with van der Waals surface area (Å²) in [6.07, 6.45) is 0. The molecule has 0 aliphatic rings. The quantitative estimate of drug-likeness (QED) is 0.605. The maximum Gasteiger partial charge on any atom is 0.323 e. The van der Waals surface area contributed by atoms with Gasteiger partial charge in [0.25, 0.3) is 5.69 Å². The van der Waals surface area contributed by atoms with Gasteiger partial charge in [0.2, 0.25) is 0 Å². The van der Waals surface area contributed by atoms with Gasteiger partial charge in [0, 0.05) is 25.7 Å². The van der Waals surface area contributed by atoms with Gasteiger partial charge in [-0.2, -0.15) is 0 Å². The smallest absolute Gasteiger partial charge is 0.323 e. The molecule has 0 fully saturated rings. The Morgan fingerprint density at radius 1 is 1.47 bits per heavy atom. The molecule has 0 aliphatic heterocycles. The van der Waals surface area contributed by atoms with Crippen LogP contribution in [0.3, 0.4) is 0 Å². The van der Waals surface area contributed by atoms with E-state index in [0.29, 0.717) is 5.56 Å². The molecule has 0 bridgehead atoms. The van der Waals surface area contributed by atoms with Crippen molar-refractivity contribution in [1.82, 2.24) is 10.2 Å². The van der Waals surface area contributed by atoms with Crippen molar-refractivity contribution in [2.24, 2.45) is 0 Å². The standard InChI is InChI=1S/C11H13N3O5/c1-13(7-10(15)16)11(17)12-6-8-3-2-4-9(5-8)14(18)19/h2-5H,6-7H2,1H3,(H,12,17)(H,15,16). The van der Waals surface area contributed by atoms with Crippen LogP contribution >= 0.6 is 0 Å². The zero-order chi connectivity index (χ0) is 14.4. The fraction of sp³-hybridized carbons (Fsp3) is 0.273. The maximum atomic E-state index is 11.5. The Morgan fingerprint density at radius 2 is 2.16 bits per heavy atom. The molecule has 8 nitrogen and oxygen atoms in total. The number of urea groups is 1. The zero-order valence-corrected chi connectivity index (χ0v) is 10.2. The number of amides is 2. The molecule has 1 aromatic rings. The highest BCUT2D eigenvalue weighted by Crippen LogP contribution is 2.12. The molecular weight excluding hydrogens is 254 g/mol. The van der Waals surface area contributed by atoms with Crippen molar-refractivity contribution in [2.45, 2.75) is 6.54 Å². The van der Waals surface area contributed by atoms with Crippen molar-refractivity contribution in [3.05, 3.63) is 39.9 Å². The van der Waals surface area contributed by atoms with Crippen LogP contribution in [0.25, 0.3) is 0 Å². The van der Waals surface area contributed by atoms with Crippen molar-refractivity contribution in [2.75, 3.05) is 13.6 Å². The first kappa shape index (κ1) is 14.4. The van der Waals surface area contributed by atoms with E-state index in [0.717, 1.165) is 4.90 Å². The van der Waals surface area contributed by atoms with Crippen LogP contribution in [0.5, 0.6) is 0 Å². The van der Waals surface area contributed by atoms with Crippen LogP contribution in [-0.2, 0) is 11.3 Å². The van der Waals surface area contributed by atoms with Gasteiger partial charge in [-0.25, -0.2) is 4.79 Å². The number of carbonyl (C=O) groups excluding carboxylic acids is 1. The summed E-state index contributed by atoms with van der Waals surface area (Å²) in [5.41, 5.74) is 0.497. The molecular formula is C11H13N3O5. The lowest BCUT2D eigenvalue weighted by atomic mass is 10.2. The van der Waals surface area contributed by atoms with Gasteiger partial charge < -0.3 is 15.3 Å². The molecule has 8 heteroatoms. The summed E-state index contributed by atoms with van der Waals surface area (Å²) in [5, 5.41) is 21.6. The molecule has 0 heterocycles. The second kappa shape index (κ2) is 6.34. The molecule has 2 amide bonds. The first-order valence-corrected chi connectivity index (χ1v) is 5.34. The number of nitrogens with one attached hydrogen (secondary N) is 1. The number of nitro benzene ring substituents is 1.